The standard InChI is InChI=1S/C24H34F2O3/c1-3-5-16-6-8-17(9-7-16)18-10-12-19(13-11-18)24(27)29-21-15-14-20(28-4-2)22(25)23(21)26/h14-19H,3-13H2,1-2H3/t16-,17-,18-,19-. The lowest BCUT2D eigenvalue weighted by molar-refractivity contribution is -0.140. The van der Waals surface area contributed by atoms with E-state index in [1.165, 1.54) is 50.7 Å². The van der Waals surface area contributed by atoms with Crippen molar-refractivity contribution >= 4 is 5.97 Å². The van der Waals surface area contributed by atoms with Crippen molar-refractivity contribution in [2.75, 3.05) is 6.61 Å². The molecule has 2 aliphatic rings. The molecule has 0 spiro atoms. The van der Waals surface area contributed by atoms with Crippen LogP contribution in [0.15, 0.2) is 12.1 Å². The second-order valence-electron chi connectivity index (χ2n) is 8.73. The van der Waals surface area contributed by atoms with E-state index in [0.717, 1.165) is 37.5 Å². The molecule has 0 aromatic heterocycles. The summed E-state index contributed by atoms with van der Waals surface area (Å²) >= 11 is 0. The van der Waals surface area contributed by atoms with E-state index < -0.39 is 17.6 Å². The van der Waals surface area contributed by atoms with Gasteiger partial charge in [0.15, 0.2) is 11.5 Å². The van der Waals surface area contributed by atoms with E-state index in [1.807, 2.05) is 0 Å². The van der Waals surface area contributed by atoms with Crippen LogP contribution < -0.4 is 9.47 Å². The highest BCUT2D eigenvalue weighted by Crippen LogP contribution is 2.42. The SMILES string of the molecule is CCC[C@H]1CC[C@H]([C@H]2CC[C@H](C(=O)Oc3ccc(OCC)c(F)c3F)CC2)CC1. The second kappa shape index (κ2) is 10.4. The number of carbonyl (C=O) groups is 1. The van der Waals surface area contributed by atoms with E-state index in [4.69, 9.17) is 9.47 Å². The van der Waals surface area contributed by atoms with E-state index in [0.29, 0.717) is 5.92 Å². The molecule has 0 atom stereocenters. The molecule has 0 heterocycles. The third-order valence-electron chi connectivity index (χ3n) is 6.88. The summed E-state index contributed by atoms with van der Waals surface area (Å²) in [4.78, 5) is 12.5. The van der Waals surface area contributed by atoms with Gasteiger partial charge in [-0.1, -0.05) is 32.6 Å². The van der Waals surface area contributed by atoms with Crippen molar-refractivity contribution < 1.29 is 23.0 Å². The smallest absolute Gasteiger partial charge is 0.314 e. The minimum atomic E-state index is -1.16. The molecular formula is C24H34F2O3. The molecule has 0 radical (unpaired) electrons. The zero-order valence-corrected chi connectivity index (χ0v) is 17.7. The average molecular weight is 409 g/mol. The summed E-state index contributed by atoms with van der Waals surface area (Å²) in [6.45, 7) is 4.19. The van der Waals surface area contributed by atoms with Crippen molar-refractivity contribution in [1.29, 1.82) is 0 Å². The van der Waals surface area contributed by atoms with Crippen molar-refractivity contribution in [2.45, 2.75) is 78.1 Å². The first-order valence-corrected chi connectivity index (χ1v) is 11.4. The van der Waals surface area contributed by atoms with Gasteiger partial charge in [-0.15, -0.1) is 0 Å². The average Bonchev–Trinajstić information content (AvgIpc) is 2.74. The third kappa shape index (κ3) is 5.49. The van der Waals surface area contributed by atoms with Crippen LogP contribution in [0.2, 0.25) is 0 Å². The Morgan fingerprint density at radius 3 is 2.03 bits per heavy atom. The van der Waals surface area contributed by atoms with Gasteiger partial charge >= 0.3 is 5.97 Å². The Hall–Kier alpha value is -1.65. The summed E-state index contributed by atoms with van der Waals surface area (Å²) in [5.41, 5.74) is 0. The molecule has 3 nitrogen and oxygen atoms in total. The topological polar surface area (TPSA) is 35.5 Å². The van der Waals surface area contributed by atoms with Crippen molar-refractivity contribution in [3.8, 4) is 11.5 Å². The van der Waals surface area contributed by atoms with Gasteiger partial charge in [-0.05, 0) is 75.3 Å². The molecule has 3 rings (SSSR count). The minimum Gasteiger partial charge on any atom is -0.491 e. The van der Waals surface area contributed by atoms with E-state index in [1.54, 1.807) is 6.92 Å². The molecule has 1 aromatic carbocycles. The van der Waals surface area contributed by atoms with E-state index in [-0.39, 0.29) is 24.0 Å². The number of carbonyl (C=O) groups excluding carboxylic acids is 1. The molecule has 5 heteroatoms. The van der Waals surface area contributed by atoms with E-state index >= 15 is 0 Å². The van der Waals surface area contributed by atoms with Crippen LogP contribution in [0, 0.1) is 35.3 Å². The Bertz CT molecular complexity index is 675. The summed E-state index contributed by atoms with van der Waals surface area (Å²) in [7, 11) is 0. The molecule has 0 N–H and O–H groups in total. The van der Waals surface area contributed by atoms with Crippen molar-refractivity contribution in [3.05, 3.63) is 23.8 Å². The van der Waals surface area contributed by atoms with Crippen LogP contribution in [-0.4, -0.2) is 12.6 Å². The molecule has 2 fully saturated rings. The molecule has 29 heavy (non-hydrogen) atoms. The Labute approximate surface area is 173 Å². The van der Waals surface area contributed by atoms with Crippen molar-refractivity contribution in [1.82, 2.24) is 0 Å². The maximum absolute atomic E-state index is 14.2. The maximum Gasteiger partial charge on any atom is 0.314 e. The Kier molecular flexibility index (Phi) is 7.91. The number of ether oxygens (including phenoxy) is 2. The van der Waals surface area contributed by atoms with Crippen LogP contribution in [0.25, 0.3) is 0 Å². The Balaban J connectivity index is 1.49. The van der Waals surface area contributed by atoms with Gasteiger partial charge in [0, 0.05) is 0 Å². The van der Waals surface area contributed by atoms with Crippen LogP contribution in [0.1, 0.15) is 78.1 Å². The first kappa shape index (κ1) is 22.0. The molecule has 0 amide bonds. The number of halogens is 2. The number of hydrogen-bond acceptors (Lipinski definition) is 3. The highest BCUT2D eigenvalue weighted by molar-refractivity contribution is 5.75. The second-order valence-corrected chi connectivity index (χ2v) is 8.73. The highest BCUT2D eigenvalue weighted by atomic mass is 19.2. The monoisotopic (exact) mass is 408 g/mol. The van der Waals surface area contributed by atoms with Gasteiger partial charge < -0.3 is 9.47 Å². The number of hydrogen-bond donors (Lipinski definition) is 0. The van der Waals surface area contributed by atoms with Crippen LogP contribution in [-0.2, 0) is 4.79 Å². The molecule has 1 aromatic rings. The molecular weight excluding hydrogens is 374 g/mol. The van der Waals surface area contributed by atoms with Gasteiger partial charge in [0.1, 0.15) is 0 Å². The lowest BCUT2D eigenvalue weighted by Gasteiger charge is -2.37. The van der Waals surface area contributed by atoms with Gasteiger partial charge in [-0.3, -0.25) is 4.79 Å². The summed E-state index contributed by atoms with van der Waals surface area (Å²) in [5.74, 6) is -1.08. The largest absolute Gasteiger partial charge is 0.491 e. The first-order chi connectivity index (χ1) is 14.0. The summed E-state index contributed by atoms with van der Waals surface area (Å²) in [6, 6.07) is 2.57. The van der Waals surface area contributed by atoms with E-state index in [2.05, 4.69) is 6.92 Å². The predicted octanol–water partition coefficient (Wildman–Crippen LogP) is 6.68. The zero-order chi connectivity index (χ0) is 20.8. The number of esters is 1. The molecule has 2 saturated carbocycles. The summed E-state index contributed by atoms with van der Waals surface area (Å²) in [5, 5.41) is 0. The third-order valence-corrected chi connectivity index (χ3v) is 6.88. The van der Waals surface area contributed by atoms with Crippen molar-refractivity contribution in [3.63, 3.8) is 0 Å². The molecule has 0 aliphatic heterocycles. The van der Waals surface area contributed by atoms with Gasteiger partial charge in [-0.2, -0.15) is 8.78 Å². The highest BCUT2D eigenvalue weighted by Gasteiger charge is 2.34. The lowest BCUT2D eigenvalue weighted by atomic mass is 9.69. The molecule has 0 saturated heterocycles. The molecule has 2 aliphatic carbocycles. The van der Waals surface area contributed by atoms with Gasteiger partial charge in [-0.25, -0.2) is 0 Å². The fourth-order valence-electron chi connectivity index (χ4n) is 5.23. The van der Waals surface area contributed by atoms with Crippen LogP contribution in [0.3, 0.4) is 0 Å². The van der Waals surface area contributed by atoms with Gasteiger partial charge in [0.25, 0.3) is 0 Å². The minimum absolute atomic E-state index is 0.168. The van der Waals surface area contributed by atoms with Crippen molar-refractivity contribution in [2.24, 2.45) is 23.7 Å². The quantitative estimate of drug-likeness (QED) is 0.373. The zero-order valence-electron chi connectivity index (χ0n) is 17.7. The molecule has 0 unspecified atom stereocenters. The number of rotatable bonds is 7. The van der Waals surface area contributed by atoms with Crippen LogP contribution in [0.4, 0.5) is 8.78 Å². The first-order valence-electron chi connectivity index (χ1n) is 11.4. The fourth-order valence-corrected chi connectivity index (χ4v) is 5.23. The lowest BCUT2D eigenvalue weighted by Crippen LogP contribution is -2.30. The van der Waals surface area contributed by atoms with E-state index in [9.17, 15) is 13.6 Å². The molecule has 162 valence electrons. The summed E-state index contributed by atoms with van der Waals surface area (Å²) in [6.07, 6.45) is 11.6. The number of benzene rings is 1. The fraction of sp³-hybridized carbons (Fsp3) is 0.708. The Morgan fingerprint density at radius 2 is 1.45 bits per heavy atom. The predicted molar refractivity (Wildman–Crippen MR) is 109 cm³/mol. The maximum atomic E-state index is 14.2. The van der Waals surface area contributed by atoms with Crippen LogP contribution in [0.5, 0.6) is 11.5 Å². The normalized spacial score (nSPS) is 27.4. The molecule has 0 bridgehead atoms. The Morgan fingerprint density at radius 1 is 0.897 bits per heavy atom. The van der Waals surface area contributed by atoms with Gasteiger partial charge in [0.05, 0.1) is 12.5 Å². The van der Waals surface area contributed by atoms with Gasteiger partial charge in [0.2, 0.25) is 11.6 Å². The van der Waals surface area contributed by atoms with Crippen LogP contribution >= 0.6 is 0 Å². The summed E-state index contributed by atoms with van der Waals surface area (Å²) < 4.78 is 38.4.